The van der Waals surface area contributed by atoms with E-state index in [0.717, 1.165) is 22.4 Å². The summed E-state index contributed by atoms with van der Waals surface area (Å²) in [5.41, 5.74) is 8.11. The lowest BCUT2D eigenvalue weighted by Crippen LogP contribution is -2.19. The molecule has 0 aliphatic heterocycles. The maximum absolute atomic E-state index is 5.90. The molecule has 0 aliphatic rings. The number of nitrogens with two attached hydrogens (primary N) is 1. The molecular weight excluding hydrogens is 326 g/mol. The first-order valence-corrected chi connectivity index (χ1v) is 7.08. The van der Waals surface area contributed by atoms with Crippen molar-refractivity contribution in [2.24, 2.45) is 5.73 Å². The molecule has 2 aromatic rings. The number of hydrogen-bond acceptors (Lipinski definition) is 3. The van der Waals surface area contributed by atoms with Crippen LogP contribution >= 0.6 is 27.5 Å². The molecule has 3 nitrogen and oxygen atoms in total. The normalized spacial score (nSPS) is 10.5. The van der Waals surface area contributed by atoms with Crippen LogP contribution in [0.4, 0.5) is 5.82 Å². The van der Waals surface area contributed by atoms with Crippen LogP contribution in [0, 0.1) is 0 Å². The highest BCUT2D eigenvalue weighted by Gasteiger charge is 2.10. The van der Waals surface area contributed by atoms with Crippen LogP contribution in [0.15, 0.2) is 41.0 Å². The Bertz CT molecular complexity index is 574. The average molecular weight is 341 g/mol. The molecule has 2 N–H and O–H groups in total. The van der Waals surface area contributed by atoms with Crippen LogP contribution in [0.2, 0.25) is 5.02 Å². The fourth-order valence-corrected chi connectivity index (χ4v) is 2.87. The number of anilines is 1. The Labute approximate surface area is 126 Å². The number of nitrogens with zero attached hydrogens (tertiary/aromatic N) is 2. The SMILES string of the molecule is CN(Cc1ccccc1CN)c1ncc(Cl)cc1Br. The van der Waals surface area contributed by atoms with E-state index in [9.17, 15) is 0 Å². The maximum atomic E-state index is 5.90. The first-order valence-electron chi connectivity index (χ1n) is 5.91. The van der Waals surface area contributed by atoms with Crippen molar-refractivity contribution in [3.63, 3.8) is 0 Å². The number of halogens is 2. The van der Waals surface area contributed by atoms with Gasteiger partial charge in [0.1, 0.15) is 5.82 Å². The van der Waals surface area contributed by atoms with Crippen molar-refractivity contribution >= 4 is 33.3 Å². The largest absolute Gasteiger partial charge is 0.354 e. The summed E-state index contributed by atoms with van der Waals surface area (Å²) >= 11 is 9.39. The lowest BCUT2D eigenvalue weighted by molar-refractivity contribution is 0.873. The van der Waals surface area contributed by atoms with Crippen LogP contribution in [0.1, 0.15) is 11.1 Å². The summed E-state index contributed by atoms with van der Waals surface area (Å²) in [7, 11) is 1.99. The molecule has 100 valence electrons. The molecule has 0 saturated heterocycles. The monoisotopic (exact) mass is 339 g/mol. The summed E-state index contributed by atoms with van der Waals surface area (Å²) in [6.07, 6.45) is 1.65. The van der Waals surface area contributed by atoms with Crippen LogP contribution in [0.3, 0.4) is 0 Å². The smallest absolute Gasteiger partial charge is 0.143 e. The van der Waals surface area contributed by atoms with Crippen LogP contribution in [-0.4, -0.2) is 12.0 Å². The second kappa shape index (κ2) is 6.37. The molecule has 0 radical (unpaired) electrons. The van der Waals surface area contributed by atoms with E-state index in [1.54, 1.807) is 6.20 Å². The Morgan fingerprint density at radius 3 is 2.63 bits per heavy atom. The second-order valence-electron chi connectivity index (χ2n) is 4.29. The second-order valence-corrected chi connectivity index (χ2v) is 5.58. The van der Waals surface area contributed by atoms with Crippen molar-refractivity contribution in [1.82, 2.24) is 4.98 Å². The Balaban J connectivity index is 2.23. The van der Waals surface area contributed by atoms with Gasteiger partial charge in [-0.15, -0.1) is 0 Å². The van der Waals surface area contributed by atoms with Crippen molar-refractivity contribution in [2.75, 3.05) is 11.9 Å². The van der Waals surface area contributed by atoms with E-state index in [2.05, 4.69) is 31.9 Å². The fourth-order valence-electron chi connectivity index (χ4n) is 1.93. The first-order chi connectivity index (χ1) is 9.11. The topological polar surface area (TPSA) is 42.1 Å². The summed E-state index contributed by atoms with van der Waals surface area (Å²) in [5.74, 6) is 0.858. The van der Waals surface area contributed by atoms with Crippen LogP contribution in [0.5, 0.6) is 0 Å². The number of pyridine rings is 1. The predicted octanol–water partition coefficient (Wildman–Crippen LogP) is 3.59. The zero-order valence-corrected chi connectivity index (χ0v) is 12.9. The fraction of sp³-hybridized carbons (Fsp3) is 0.214. The van der Waals surface area contributed by atoms with E-state index < -0.39 is 0 Å². The Morgan fingerprint density at radius 1 is 1.32 bits per heavy atom. The van der Waals surface area contributed by atoms with Gasteiger partial charge in [0.15, 0.2) is 0 Å². The minimum absolute atomic E-state index is 0.541. The molecule has 19 heavy (non-hydrogen) atoms. The van der Waals surface area contributed by atoms with Crippen LogP contribution in [-0.2, 0) is 13.1 Å². The Kier molecular flexibility index (Phi) is 4.80. The van der Waals surface area contributed by atoms with Gasteiger partial charge in [-0.1, -0.05) is 35.9 Å². The summed E-state index contributed by atoms with van der Waals surface area (Å²) in [6, 6.07) is 10.0. The molecule has 0 fully saturated rings. The van der Waals surface area contributed by atoms with Gasteiger partial charge in [0.2, 0.25) is 0 Å². The quantitative estimate of drug-likeness (QED) is 0.925. The summed E-state index contributed by atoms with van der Waals surface area (Å²) in [5, 5.41) is 0.617. The molecule has 1 aromatic heterocycles. The molecule has 0 saturated carbocycles. The minimum atomic E-state index is 0.541. The van der Waals surface area contributed by atoms with Crippen molar-refractivity contribution < 1.29 is 0 Å². The van der Waals surface area contributed by atoms with E-state index in [1.807, 2.05) is 31.3 Å². The number of hydrogen-bond donors (Lipinski definition) is 1. The molecule has 1 heterocycles. The van der Waals surface area contributed by atoms with Gasteiger partial charge in [-0.3, -0.25) is 0 Å². The highest BCUT2D eigenvalue weighted by Crippen LogP contribution is 2.27. The van der Waals surface area contributed by atoms with Crippen molar-refractivity contribution in [3.8, 4) is 0 Å². The highest BCUT2D eigenvalue weighted by atomic mass is 79.9. The molecule has 1 aromatic carbocycles. The molecule has 5 heteroatoms. The van der Waals surface area contributed by atoms with Gasteiger partial charge in [0, 0.05) is 26.3 Å². The van der Waals surface area contributed by atoms with E-state index in [1.165, 1.54) is 5.56 Å². The van der Waals surface area contributed by atoms with Gasteiger partial charge < -0.3 is 10.6 Å². The Morgan fingerprint density at radius 2 is 2.00 bits per heavy atom. The standard InChI is InChI=1S/C14H15BrClN3/c1-19(14-13(15)6-12(16)8-18-14)9-11-5-3-2-4-10(11)7-17/h2-6,8H,7,9,17H2,1H3. The van der Waals surface area contributed by atoms with Crippen LogP contribution < -0.4 is 10.6 Å². The molecule has 0 aliphatic carbocycles. The van der Waals surface area contributed by atoms with Crippen molar-refractivity contribution in [2.45, 2.75) is 13.1 Å². The van der Waals surface area contributed by atoms with Gasteiger partial charge in [-0.05, 0) is 33.1 Å². The number of benzene rings is 1. The van der Waals surface area contributed by atoms with E-state index in [0.29, 0.717) is 11.6 Å². The van der Waals surface area contributed by atoms with E-state index >= 15 is 0 Å². The van der Waals surface area contributed by atoms with Crippen molar-refractivity contribution in [3.05, 3.63) is 57.2 Å². The van der Waals surface area contributed by atoms with Gasteiger partial charge in [0.25, 0.3) is 0 Å². The minimum Gasteiger partial charge on any atom is -0.354 e. The summed E-state index contributed by atoms with van der Waals surface area (Å²) in [4.78, 5) is 6.41. The highest BCUT2D eigenvalue weighted by molar-refractivity contribution is 9.10. The number of aromatic nitrogens is 1. The zero-order valence-electron chi connectivity index (χ0n) is 10.6. The maximum Gasteiger partial charge on any atom is 0.143 e. The molecule has 0 bridgehead atoms. The zero-order chi connectivity index (χ0) is 13.8. The molecule has 0 unspecified atom stereocenters. The van der Waals surface area contributed by atoms with Crippen molar-refractivity contribution in [1.29, 1.82) is 0 Å². The van der Waals surface area contributed by atoms with Gasteiger partial charge in [-0.25, -0.2) is 4.98 Å². The number of rotatable bonds is 4. The van der Waals surface area contributed by atoms with Crippen LogP contribution in [0.25, 0.3) is 0 Å². The van der Waals surface area contributed by atoms with E-state index in [4.69, 9.17) is 17.3 Å². The third-order valence-corrected chi connectivity index (χ3v) is 3.69. The Hall–Kier alpha value is -1.10. The molecule has 0 atom stereocenters. The summed E-state index contributed by atoms with van der Waals surface area (Å²) in [6.45, 7) is 1.29. The van der Waals surface area contributed by atoms with E-state index in [-0.39, 0.29) is 0 Å². The lowest BCUT2D eigenvalue weighted by atomic mass is 10.1. The molecular formula is C14H15BrClN3. The third-order valence-electron chi connectivity index (χ3n) is 2.90. The van der Waals surface area contributed by atoms with Gasteiger partial charge >= 0.3 is 0 Å². The molecule has 0 spiro atoms. The molecule has 0 amide bonds. The average Bonchev–Trinajstić information content (AvgIpc) is 2.39. The summed E-state index contributed by atoms with van der Waals surface area (Å²) < 4.78 is 0.882. The van der Waals surface area contributed by atoms with Gasteiger partial charge in [0.05, 0.1) is 9.50 Å². The van der Waals surface area contributed by atoms with Gasteiger partial charge in [-0.2, -0.15) is 0 Å². The molecule has 2 rings (SSSR count). The predicted molar refractivity (Wildman–Crippen MR) is 83.4 cm³/mol. The first kappa shape index (κ1) is 14.3. The third kappa shape index (κ3) is 3.47. The lowest BCUT2D eigenvalue weighted by Gasteiger charge is -2.21.